The van der Waals surface area contributed by atoms with Crippen LogP contribution in [0.2, 0.25) is 0 Å². The summed E-state index contributed by atoms with van der Waals surface area (Å²) in [6.45, 7) is 6.39. The summed E-state index contributed by atoms with van der Waals surface area (Å²) in [4.78, 5) is 15.3. The number of carbonyl (C=O) groups is 1. The van der Waals surface area contributed by atoms with Crippen LogP contribution >= 0.6 is 0 Å². The first-order valence-electron chi connectivity index (χ1n) is 7.36. The SMILES string of the molecule is CCCC(C)c1noc(C)c1COc1ccncc1C(N)=O. The van der Waals surface area contributed by atoms with E-state index >= 15 is 0 Å². The molecule has 22 heavy (non-hydrogen) atoms. The monoisotopic (exact) mass is 303 g/mol. The number of nitrogens with zero attached hydrogens (tertiary/aromatic N) is 2. The molecule has 2 aromatic heterocycles. The van der Waals surface area contributed by atoms with Gasteiger partial charge in [0.2, 0.25) is 0 Å². The van der Waals surface area contributed by atoms with Gasteiger partial charge in [-0.05, 0) is 19.4 Å². The summed E-state index contributed by atoms with van der Waals surface area (Å²) in [6.07, 6.45) is 5.06. The van der Waals surface area contributed by atoms with Gasteiger partial charge in [-0.3, -0.25) is 9.78 Å². The van der Waals surface area contributed by atoms with Crippen molar-refractivity contribution in [3.8, 4) is 5.75 Å². The third kappa shape index (κ3) is 3.44. The van der Waals surface area contributed by atoms with E-state index in [4.69, 9.17) is 15.0 Å². The number of carbonyl (C=O) groups excluding carboxylic acids is 1. The second-order valence-electron chi connectivity index (χ2n) is 5.32. The van der Waals surface area contributed by atoms with Gasteiger partial charge >= 0.3 is 0 Å². The number of primary amides is 1. The van der Waals surface area contributed by atoms with Crippen molar-refractivity contribution in [1.29, 1.82) is 0 Å². The fourth-order valence-electron chi connectivity index (χ4n) is 2.38. The van der Waals surface area contributed by atoms with E-state index in [2.05, 4.69) is 24.0 Å². The summed E-state index contributed by atoms with van der Waals surface area (Å²) < 4.78 is 11.0. The Bertz CT molecular complexity index is 652. The number of hydrogen-bond donors (Lipinski definition) is 1. The summed E-state index contributed by atoms with van der Waals surface area (Å²) in [5.41, 5.74) is 7.42. The van der Waals surface area contributed by atoms with Crippen molar-refractivity contribution in [3.05, 3.63) is 41.0 Å². The molecule has 0 aliphatic heterocycles. The van der Waals surface area contributed by atoms with E-state index in [0.29, 0.717) is 11.7 Å². The Morgan fingerprint density at radius 2 is 2.27 bits per heavy atom. The van der Waals surface area contributed by atoms with Crippen LogP contribution in [0.3, 0.4) is 0 Å². The molecular formula is C16H21N3O3. The average molecular weight is 303 g/mol. The van der Waals surface area contributed by atoms with Crippen LogP contribution in [0.15, 0.2) is 23.0 Å². The van der Waals surface area contributed by atoms with Crippen molar-refractivity contribution in [1.82, 2.24) is 10.1 Å². The van der Waals surface area contributed by atoms with Gasteiger partial charge in [0.1, 0.15) is 18.1 Å². The largest absolute Gasteiger partial charge is 0.488 e. The zero-order chi connectivity index (χ0) is 16.1. The maximum atomic E-state index is 11.4. The highest BCUT2D eigenvalue weighted by molar-refractivity contribution is 5.95. The predicted octanol–water partition coefficient (Wildman–Crippen LogP) is 2.96. The minimum atomic E-state index is -0.565. The normalized spacial score (nSPS) is 12.1. The smallest absolute Gasteiger partial charge is 0.254 e. The summed E-state index contributed by atoms with van der Waals surface area (Å²) in [5, 5.41) is 4.15. The van der Waals surface area contributed by atoms with E-state index in [1.165, 1.54) is 6.20 Å². The second kappa shape index (κ2) is 7.06. The first-order chi connectivity index (χ1) is 10.5. The van der Waals surface area contributed by atoms with Crippen molar-refractivity contribution < 1.29 is 14.1 Å². The Hall–Kier alpha value is -2.37. The summed E-state index contributed by atoms with van der Waals surface area (Å²) in [7, 11) is 0. The van der Waals surface area contributed by atoms with E-state index in [-0.39, 0.29) is 12.2 Å². The molecule has 2 aromatic rings. The molecule has 0 spiro atoms. The number of amides is 1. The van der Waals surface area contributed by atoms with Gasteiger partial charge < -0.3 is 15.0 Å². The van der Waals surface area contributed by atoms with Crippen molar-refractivity contribution in [3.63, 3.8) is 0 Å². The average Bonchev–Trinajstić information content (AvgIpc) is 2.86. The van der Waals surface area contributed by atoms with Crippen LogP contribution in [0.25, 0.3) is 0 Å². The predicted molar refractivity (Wildman–Crippen MR) is 81.6 cm³/mol. The Balaban J connectivity index is 2.19. The Morgan fingerprint density at radius 1 is 1.50 bits per heavy atom. The highest BCUT2D eigenvalue weighted by atomic mass is 16.5. The van der Waals surface area contributed by atoms with Crippen LogP contribution in [0.1, 0.15) is 60.0 Å². The Kier molecular flexibility index (Phi) is 5.14. The molecule has 0 fully saturated rings. The van der Waals surface area contributed by atoms with Crippen molar-refractivity contribution in [2.45, 2.75) is 46.1 Å². The standard InChI is InChI=1S/C16H21N3O3/c1-4-5-10(2)15-13(11(3)22-19-15)9-21-14-6-7-18-8-12(14)16(17)20/h6-8,10H,4-5,9H2,1-3H3,(H2,17,20). The number of aryl methyl sites for hydroxylation is 1. The van der Waals surface area contributed by atoms with Crippen LogP contribution in [0.5, 0.6) is 5.75 Å². The zero-order valence-corrected chi connectivity index (χ0v) is 13.1. The first kappa shape index (κ1) is 16.0. The number of ether oxygens (including phenoxy) is 1. The number of rotatable bonds is 7. The molecule has 2 N–H and O–H groups in total. The van der Waals surface area contributed by atoms with Gasteiger partial charge in [-0.15, -0.1) is 0 Å². The lowest BCUT2D eigenvalue weighted by Gasteiger charge is -2.12. The molecular weight excluding hydrogens is 282 g/mol. The van der Waals surface area contributed by atoms with Crippen molar-refractivity contribution >= 4 is 5.91 Å². The molecule has 1 unspecified atom stereocenters. The van der Waals surface area contributed by atoms with Gasteiger partial charge in [-0.25, -0.2) is 0 Å². The third-order valence-corrected chi connectivity index (χ3v) is 3.62. The topological polar surface area (TPSA) is 91.2 Å². The molecule has 0 aliphatic rings. The van der Waals surface area contributed by atoms with Gasteiger partial charge in [-0.2, -0.15) is 0 Å². The van der Waals surface area contributed by atoms with E-state index < -0.39 is 5.91 Å². The molecule has 0 radical (unpaired) electrons. The van der Waals surface area contributed by atoms with E-state index in [0.717, 1.165) is 29.9 Å². The van der Waals surface area contributed by atoms with Gasteiger partial charge in [-0.1, -0.05) is 25.4 Å². The molecule has 118 valence electrons. The van der Waals surface area contributed by atoms with E-state index in [1.54, 1.807) is 12.3 Å². The van der Waals surface area contributed by atoms with E-state index in [1.807, 2.05) is 6.92 Å². The van der Waals surface area contributed by atoms with Gasteiger partial charge in [0, 0.05) is 18.3 Å². The van der Waals surface area contributed by atoms with Gasteiger partial charge in [0.15, 0.2) is 0 Å². The maximum Gasteiger partial charge on any atom is 0.254 e. The molecule has 0 aromatic carbocycles. The lowest BCUT2D eigenvalue weighted by Crippen LogP contribution is -2.13. The maximum absolute atomic E-state index is 11.4. The lowest BCUT2D eigenvalue weighted by molar-refractivity contribution is 0.0995. The molecule has 0 saturated carbocycles. The minimum Gasteiger partial charge on any atom is -0.488 e. The Labute approximate surface area is 129 Å². The third-order valence-electron chi connectivity index (χ3n) is 3.62. The van der Waals surface area contributed by atoms with Crippen LogP contribution in [0, 0.1) is 6.92 Å². The summed E-state index contributed by atoms with van der Waals surface area (Å²) >= 11 is 0. The van der Waals surface area contributed by atoms with Crippen LogP contribution in [-0.4, -0.2) is 16.0 Å². The highest BCUT2D eigenvalue weighted by Crippen LogP contribution is 2.27. The fourth-order valence-corrected chi connectivity index (χ4v) is 2.38. The molecule has 2 heterocycles. The molecule has 1 amide bonds. The van der Waals surface area contributed by atoms with E-state index in [9.17, 15) is 4.79 Å². The number of nitrogens with two attached hydrogens (primary N) is 1. The lowest BCUT2D eigenvalue weighted by atomic mass is 9.98. The van der Waals surface area contributed by atoms with Gasteiger partial charge in [0.25, 0.3) is 5.91 Å². The van der Waals surface area contributed by atoms with Crippen molar-refractivity contribution in [2.75, 3.05) is 0 Å². The number of pyridine rings is 1. The first-order valence-corrected chi connectivity index (χ1v) is 7.36. The fraction of sp³-hybridized carbons (Fsp3) is 0.438. The highest BCUT2D eigenvalue weighted by Gasteiger charge is 2.19. The molecule has 2 rings (SSSR count). The molecule has 0 saturated heterocycles. The summed E-state index contributed by atoms with van der Waals surface area (Å²) in [6, 6.07) is 1.62. The van der Waals surface area contributed by atoms with Crippen LogP contribution in [-0.2, 0) is 6.61 Å². The number of aromatic nitrogens is 2. The quantitative estimate of drug-likeness (QED) is 0.849. The summed E-state index contributed by atoms with van der Waals surface area (Å²) in [5.74, 6) is 0.878. The van der Waals surface area contributed by atoms with Crippen LogP contribution < -0.4 is 10.5 Å². The van der Waals surface area contributed by atoms with Crippen molar-refractivity contribution in [2.24, 2.45) is 5.73 Å². The molecule has 6 nitrogen and oxygen atoms in total. The molecule has 6 heteroatoms. The zero-order valence-electron chi connectivity index (χ0n) is 13.1. The van der Waals surface area contributed by atoms with Crippen LogP contribution in [0.4, 0.5) is 0 Å². The molecule has 0 aliphatic carbocycles. The second-order valence-corrected chi connectivity index (χ2v) is 5.32. The molecule has 0 bridgehead atoms. The Morgan fingerprint density at radius 3 is 2.95 bits per heavy atom. The minimum absolute atomic E-state index is 0.264. The number of hydrogen-bond acceptors (Lipinski definition) is 5. The molecule has 1 atom stereocenters. The van der Waals surface area contributed by atoms with Gasteiger partial charge in [0.05, 0.1) is 16.8 Å².